The van der Waals surface area contributed by atoms with Crippen molar-refractivity contribution < 1.29 is 0 Å². The Morgan fingerprint density at radius 1 is 1.33 bits per heavy atom. The van der Waals surface area contributed by atoms with Gasteiger partial charge in [0.1, 0.15) is 4.99 Å². The van der Waals surface area contributed by atoms with Gasteiger partial charge in [-0.05, 0) is 24.8 Å². The Balaban J connectivity index is 2.45. The van der Waals surface area contributed by atoms with Gasteiger partial charge in [-0.25, -0.2) is 0 Å². The molecule has 116 valence electrons. The molecule has 0 radical (unpaired) electrons. The zero-order valence-corrected chi connectivity index (χ0v) is 14.7. The minimum Gasteiger partial charge on any atom is -0.389 e. The maximum atomic E-state index is 6.02. The van der Waals surface area contributed by atoms with Crippen molar-refractivity contribution in [3.05, 3.63) is 16.8 Å². The van der Waals surface area contributed by atoms with E-state index in [1.54, 1.807) is 0 Å². The molecule has 1 atom stereocenters. The molecule has 0 amide bonds. The summed E-state index contributed by atoms with van der Waals surface area (Å²) in [6, 6.07) is 0. The summed E-state index contributed by atoms with van der Waals surface area (Å²) in [5, 5.41) is 9.54. The van der Waals surface area contributed by atoms with Crippen LogP contribution >= 0.6 is 24.0 Å². The van der Waals surface area contributed by atoms with Gasteiger partial charge in [0.25, 0.3) is 0 Å². The van der Waals surface area contributed by atoms with Crippen molar-refractivity contribution in [3.63, 3.8) is 0 Å². The first kappa shape index (κ1) is 16.5. The van der Waals surface area contributed by atoms with E-state index in [0.717, 1.165) is 48.8 Å². The number of rotatable bonds is 5. The van der Waals surface area contributed by atoms with Crippen LogP contribution in [0, 0.1) is 0 Å². The zero-order chi connectivity index (χ0) is 15.4. The van der Waals surface area contributed by atoms with Crippen LogP contribution < -0.4 is 10.6 Å². The van der Waals surface area contributed by atoms with E-state index in [0.29, 0.717) is 10.2 Å². The number of aromatic nitrogens is 2. The smallest absolute Gasteiger partial charge is 0.161 e. The van der Waals surface area contributed by atoms with E-state index in [-0.39, 0.29) is 0 Å². The summed E-state index contributed by atoms with van der Waals surface area (Å²) in [5.74, 6) is 2.00. The molecular formula is C15H24N4S2. The molecule has 0 bridgehead atoms. The number of thiocarbonyl (C=S) groups is 1. The Labute approximate surface area is 136 Å². The Bertz CT molecular complexity index is 519. The molecule has 1 aromatic heterocycles. The number of hydrogen-bond donors (Lipinski definition) is 1. The quantitative estimate of drug-likeness (QED) is 0.840. The van der Waals surface area contributed by atoms with Crippen molar-refractivity contribution in [2.45, 2.75) is 45.3 Å². The zero-order valence-electron chi connectivity index (χ0n) is 13.1. The van der Waals surface area contributed by atoms with Crippen LogP contribution in [0.5, 0.6) is 0 Å². The number of nitrogens with two attached hydrogens (primary N) is 1. The molecule has 1 saturated heterocycles. The second-order valence-electron chi connectivity index (χ2n) is 5.24. The Morgan fingerprint density at radius 2 is 2.10 bits per heavy atom. The summed E-state index contributed by atoms with van der Waals surface area (Å²) >= 11 is 7.36. The van der Waals surface area contributed by atoms with Gasteiger partial charge in [0, 0.05) is 24.1 Å². The van der Waals surface area contributed by atoms with E-state index in [1.807, 2.05) is 11.8 Å². The molecule has 6 heteroatoms. The summed E-state index contributed by atoms with van der Waals surface area (Å²) < 4.78 is 0. The van der Waals surface area contributed by atoms with Crippen LogP contribution in [0.3, 0.4) is 0 Å². The first-order chi connectivity index (χ1) is 10.1. The molecule has 0 saturated carbocycles. The van der Waals surface area contributed by atoms with Gasteiger partial charge >= 0.3 is 0 Å². The molecule has 0 spiro atoms. The maximum absolute atomic E-state index is 6.02. The van der Waals surface area contributed by atoms with E-state index >= 15 is 0 Å². The predicted octanol–water partition coefficient (Wildman–Crippen LogP) is 2.57. The lowest BCUT2D eigenvalue weighted by atomic mass is 10.0. The first-order valence-electron chi connectivity index (χ1n) is 7.67. The second-order valence-corrected chi connectivity index (χ2v) is 7.09. The summed E-state index contributed by atoms with van der Waals surface area (Å²) in [5.41, 5.74) is 9.15. The van der Waals surface area contributed by atoms with E-state index in [9.17, 15) is 0 Å². The van der Waals surface area contributed by atoms with Gasteiger partial charge in [0.15, 0.2) is 5.82 Å². The van der Waals surface area contributed by atoms with Crippen LogP contribution in [0.1, 0.15) is 44.0 Å². The van der Waals surface area contributed by atoms with Gasteiger partial charge in [0.2, 0.25) is 0 Å². The van der Waals surface area contributed by atoms with Gasteiger partial charge < -0.3 is 10.6 Å². The van der Waals surface area contributed by atoms with Crippen LogP contribution in [0.15, 0.2) is 0 Å². The predicted molar refractivity (Wildman–Crippen MR) is 95.4 cm³/mol. The van der Waals surface area contributed by atoms with Gasteiger partial charge in [0.05, 0.1) is 11.3 Å². The highest BCUT2D eigenvalue weighted by Gasteiger charge is 2.25. The Hall–Kier alpha value is -0.880. The molecule has 1 unspecified atom stereocenters. The van der Waals surface area contributed by atoms with Gasteiger partial charge in [-0.3, -0.25) is 0 Å². The molecule has 1 fully saturated rings. The monoisotopic (exact) mass is 324 g/mol. The molecular weight excluding hydrogens is 300 g/mol. The van der Waals surface area contributed by atoms with Crippen molar-refractivity contribution in [3.8, 4) is 0 Å². The van der Waals surface area contributed by atoms with Crippen molar-refractivity contribution >= 4 is 34.8 Å². The molecule has 2 rings (SSSR count). The van der Waals surface area contributed by atoms with Crippen molar-refractivity contribution in [1.29, 1.82) is 0 Å². The summed E-state index contributed by atoms with van der Waals surface area (Å²) in [6.07, 6.45) is 2.92. The Morgan fingerprint density at radius 3 is 2.67 bits per heavy atom. The standard InChI is InChI=1S/C15H24N4S2/c1-4-10-9-19(7-8-21-10)15-13(14(16)20)11(5-2)12(6-3)17-18-15/h10H,4-9H2,1-3H3,(H2,16,20). The number of aryl methyl sites for hydroxylation is 1. The van der Waals surface area contributed by atoms with Gasteiger partial charge in [-0.15, -0.1) is 5.10 Å². The number of nitrogens with zero attached hydrogens (tertiary/aromatic N) is 3. The van der Waals surface area contributed by atoms with Crippen LogP contribution in [0.2, 0.25) is 0 Å². The molecule has 1 aliphatic rings. The van der Waals surface area contributed by atoms with Crippen molar-refractivity contribution in [2.24, 2.45) is 5.73 Å². The summed E-state index contributed by atoms with van der Waals surface area (Å²) in [7, 11) is 0. The minimum absolute atomic E-state index is 0.442. The minimum atomic E-state index is 0.442. The third kappa shape index (κ3) is 3.48. The highest BCUT2D eigenvalue weighted by molar-refractivity contribution is 8.00. The SMILES string of the molecule is CCc1nnc(N2CCSC(CC)C2)c(C(N)=S)c1CC. The van der Waals surface area contributed by atoms with Crippen LogP contribution in [-0.4, -0.2) is 39.3 Å². The lowest BCUT2D eigenvalue weighted by molar-refractivity contribution is 0.707. The molecule has 2 heterocycles. The fourth-order valence-corrected chi connectivity index (χ4v) is 4.20. The van der Waals surface area contributed by atoms with Crippen LogP contribution in [0.25, 0.3) is 0 Å². The number of anilines is 1. The lowest BCUT2D eigenvalue weighted by Crippen LogP contribution is -2.40. The van der Waals surface area contributed by atoms with E-state index < -0.39 is 0 Å². The first-order valence-corrected chi connectivity index (χ1v) is 9.12. The fraction of sp³-hybridized carbons (Fsp3) is 0.667. The van der Waals surface area contributed by atoms with Crippen LogP contribution in [-0.2, 0) is 12.8 Å². The number of hydrogen-bond acceptors (Lipinski definition) is 5. The summed E-state index contributed by atoms with van der Waals surface area (Å²) in [4.78, 5) is 2.75. The number of thioether (sulfide) groups is 1. The molecule has 0 aromatic carbocycles. The highest BCUT2D eigenvalue weighted by atomic mass is 32.2. The molecule has 2 N–H and O–H groups in total. The summed E-state index contributed by atoms with van der Waals surface area (Å²) in [6.45, 7) is 8.44. The second kappa shape index (κ2) is 7.40. The van der Waals surface area contributed by atoms with E-state index in [2.05, 4.69) is 35.9 Å². The largest absolute Gasteiger partial charge is 0.389 e. The lowest BCUT2D eigenvalue weighted by Gasteiger charge is -2.34. The van der Waals surface area contributed by atoms with E-state index in [1.165, 1.54) is 12.0 Å². The van der Waals surface area contributed by atoms with Crippen molar-refractivity contribution in [1.82, 2.24) is 10.2 Å². The average molecular weight is 325 g/mol. The highest BCUT2D eigenvalue weighted by Crippen LogP contribution is 2.29. The molecule has 21 heavy (non-hydrogen) atoms. The fourth-order valence-electron chi connectivity index (χ4n) is 2.80. The van der Waals surface area contributed by atoms with Gasteiger partial charge in [-0.2, -0.15) is 16.9 Å². The Kier molecular flexibility index (Phi) is 5.81. The molecule has 0 aliphatic carbocycles. The average Bonchev–Trinajstić information content (AvgIpc) is 2.53. The van der Waals surface area contributed by atoms with Gasteiger partial charge in [-0.1, -0.05) is 33.0 Å². The molecule has 4 nitrogen and oxygen atoms in total. The molecule has 1 aliphatic heterocycles. The van der Waals surface area contributed by atoms with Crippen LogP contribution in [0.4, 0.5) is 5.82 Å². The third-order valence-corrected chi connectivity index (χ3v) is 5.54. The normalized spacial score (nSPS) is 18.8. The topological polar surface area (TPSA) is 55.0 Å². The third-order valence-electron chi connectivity index (χ3n) is 3.97. The van der Waals surface area contributed by atoms with E-state index in [4.69, 9.17) is 18.0 Å². The molecule has 1 aromatic rings. The van der Waals surface area contributed by atoms with Crippen molar-refractivity contribution in [2.75, 3.05) is 23.7 Å². The maximum Gasteiger partial charge on any atom is 0.161 e.